The molecule has 0 saturated carbocycles. The van der Waals surface area contributed by atoms with Gasteiger partial charge in [-0.05, 0) is 6.07 Å². The number of aliphatic hydroxyl groups excluding tert-OH is 3. The summed E-state index contributed by atoms with van der Waals surface area (Å²) in [5, 5.41) is 44.0. The van der Waals surface area contributed by atoms with Crippen LogP contribution in [0.15, 0.2) is 33.5 Å². The van der Waals surface area contributed by atoms with Crippen LogP contribution < -0.4 is 16.0 Å². The molecule has 0 spiro atoms. The number of aromatic amines is 1. The lowest BCUT2D eigenvalue weighted by molar-refractivity contribution is -0.188. The van der Waals surface area contributed by atoms with Crippen molar-refractivity contribution in [1.82, 2.24) is 20.4 Å². The zero-order chi connectivity index (χ0) is 24.3. The molecule has 0 amide bonds. The van der Waals surface area contributed by atoms with Gasteiger partial charge in [0.1, 0.15) is 29.8 Å². The van der Waals surface area contributed by atoms with Crippen molar-refractivity contribution in [2.24, 2.45) is 5.73 Å². The summed E-state index contributed by atoms with van der Waals surface area (Å²) in [6.07, 6.45) is -1.31. The average Bonchev–Trinajstić information content (AvgIpc) is 3.21. The molecule has 5 atom stereocenters. The smallest absolute Gasteiger partial charge is 0.355 e. The number of aromatic carboxylic acids is 1. The van der Waals surface area contributed by atoms with Crippen molar-refractivity contribution in [3.05, 3.63) is 49.9 Å². The van der Waals surface area contributed by atoms with Crippen molar-refractivity contribution in [3.63, 3.8) is 0 Å². The van der Waals surface area contributed by atoms with Gasteiger partial charge in [0, 0.05) is 29.7 Å². The van der Waals surface area contributed by atoms with E-state index in [-0.39, 0.29) is 26.2 Å². The molecular formula is C18H22ClN5O7S2. The highest BCUT2D eigenvalue weighted by molar-refractivity contribution is 8.00. The summed E-state index contributed by atoms with van der Waals surface area (Å²) in [6.45, 7) is -0.574. The first-order chi connectivity index (χ1) is 15.7. The second kappa shape index (κ2) is 10.8. The lowest BCUT2D eigenvalue weighted by atomic mass is 9.96. The minimum absolute atomic E-state index is 0.132. The van der Waals surface area contributed by atoms with Crippen LogP contribution in [0.2, 0.25) is 5.02 Å². The van der Waals surface area contributed by atoms with Crippen LogP contribution in [-0.2, 0) is 4.74 Å². The van der Waals surface area contributed by atoms with Crippen molar-refractivity contribution in [2.45, 2.75) is 34.7 Å². The van der Waals surface area contributed by atoms with Gasteiger partial charge in [0.15, 0.2) is 5.69 Å². The fourth-order valence-electron chi connectivity index (χ4n) is 3.23. The third kappa shape index (κ3) is 5.67. The second-order valence-electron chi connectivity index (χ2n) is 6.90. The molecule has 1 fully saturated rings. The molecule has 8 N–H and O–H groups in total. The third-order valence-electron chi connectivity index (χ3n) is 4.80. The number of ether oxygens (including phenoxy) is 1. The number of hydrazine groups is 1. The predicted octanol–water partition coefficient (Wildman–Crippen LogP) is -0.524. The maximum absolute atomic E-state index is 11.5. The van der Waals surface area contributed by atoms with E-state index in [1.165, 1.54) is 35.9 Å². The van der Waals surface area contributed by atoms with Crippen molar-refractivity contribution < 1.29 is 30.0 Å². The van der Waals surface area contributed by atoms with Gasteiger partial charge in [-0.15, -0.1) is 0 Å². The van der Waals surface area contributed by atoms with E-state index in [1.54, 1.807) is 0 Å². The Bertz CT molecular complexity index is 1080. The standard InChI is InChI=1S/C18H22ClN5O7S2/c1-21-24(4-8(20)9-6-32-18(30)23-9)13-14(26)10(5-25)31-17(15(13)27)33-11-2-7(19)3-22-12(11)16(28)29/h2-4,6,10,13-15,17,21,25-27H,5,20H2,1H3,(H,23,30)(H,28,29)/b8-4-/t10?,13?,14-,15?,17+/m0/s1. The van der Waals surface area contributed by atoms with Crippen LogP contribution in [-0.4, -0.2) is 84.8 Å². The Morgan fingerprint density at radius 2 is 2.21 bits per heavy atom. The van der Waals surface area contributed by atoms with Gasteiger partial charge < -0.3 is 40.9 Å². The Kier molecular flexibility index (Phi) is 8.36. The number of nitrogens with two attached hydrogens (primary N) is 1. The number of nitrogens with zero attached hydrogens (tertiary/aromatic N) is 2. The number of hydrogen-bond acceptors (Lipinski definition) is 12. The van der Waals surface area contributed by atoms with Crippen LogP contribution in [0.5, 0.6) is 0 Å². The van der Waals surface area contributed by atoms with E-state index < -0.39 is 42.4 Å². The zero-order valence-corrected chi connectivity index (χ0v) is 19.5. The van der Waals surface area contributed by atoms with Crippen LogP contribution in [0.4, 0.5) is 0 Å². The number of aliphatic hydroxyl groups is 3. The highest BCUT2D eigenvalue weighted by Crippen LogP contribution is 2.37. The van der Waals surface area contributed by atoms with Gasteiger partial charge in [0.05, 0.1) is 23.0 Å². The van der Waals surface area contributed by atoms with Gasteiger partial charge >= 0.3 is 10.8 Å². The molecule has 1 aliphatic heterocycles. The number of aromatic nitrogens is 2. The third-order valence-corrected chi connectivity index (χ3v) is 6.87. The molecule has 1 aliphatic rings. The van der Waals surface area contributed by atoms with Gasteiger partial charge in [-0.1, -0.05) is 34.7 Å². The maximum atomic E-state index is 11.5. The fourth-order valence-corrected chi connectivity index (χ4v) is 5.24. The van der Waals surface area contributed by atoms with Gasteiger partial charge in [0.2, 0.25) is 0 Å². The van der Waals surface area contributed by atoms with E-state index in [1.807, 2.05) is 0 Å². The van der Waals surface area contributed by atoms with Gasteiger partial charge in [-0.3, -0.25) is 4.79 Å². The summed E-state index contributed by atoms with van der Waals surface area (Å²) in [5.74, 6) is -1.30. The van der Waals surface area contributed by atoms with Crippen LogP contribution in [0.3, 0.4) is 0 Å². The maximum Gasteiger partial charge on any atom is 0.355 e. The summed E-state index contributed by atoms with van der Waals surface area (Å²) >= 11 is 7.72. The molecule has 12 nitrogen and oxygen atoms in total. The number of H-pyrrole nitrogens is 1. The molecule has 3 heterocycles. The number of nitrogens with one attached hydrogen (secondary N) is 2. The number of halogens is 1. The van der Waals surface area contributed by atoms with E-state index in [4.69, 9.17) is 22.1 Å². The summed E-state index contributed by atoms with van der Waals surface area (Å²) in [7, 11) is 1.52. The second-order valence-corrected chi connectivity index (χ2v) is 9.32. The van der Waals surface area contributed by atoms with Crippen molar-refractivity contribution in [1.29, 1.82) is 0 Å². The summed E-state index contributed by atoms with van der Waals surface area (Å²) in [5.41, 5.74) is 7.95. The van der Waals surface area contributed by atoms with Gasteiger partial charge in [-0.25, -0.2) is 15.2 Å². The molecule has 33 heavy (non-hydrogen) atoms. The van der Waals surface area contributed by atoms with Crippen molar-refractivity contribution >= 4 is 46.4 Å². The Labute approximate surface area is 200 Å². The van der Waals surface area contributed by atoms with Crippen LogP contribution in [0.1, 0.15) is 16.2 Å². The monoisotopic (exact) mass is 519 g/mol. The van der Waals surface area contributed by atoms with E-state index in [0.717, 1.165) is 23.1 Å². The number of rotatable bonds is 8. The molecule has 2 aromatic rings. The molecule has 1 saturated heterocycles. The lowest BCUT2D eigenvalue weighted by Crippen LogP contribution is -2.64. The molecular weight excluding hydrogens is 498 g/mol. The molecule has 0 radical (unpaired) electrons. The molecule has 3 rings (SSSR count). The minimum Gasteiger partial charge on any atom is -0.476 e. The lowest BCUT2D eigenvalue weighted by Gasteiger charge is -2.46. The van der Waals surface area contributed by atoms with Crippen LogP contribution in [0.25, 0.3) is 5.70 Å². The highest BCUT2D eigenvalue weighted by atomic mass is 35.5. The fraction of sp³-hybridized carbons (Fsp3) is 0.389. The molecule has 180 valence electrons. The van der Waals surface area contributed by atoms with E-state index in [2.05, 4.69) is 15.4 Å². The molecule has 0 aliphatic carbocycles. The summed E-state index contributed by atoms with van der Waals surface area (Å²) in [6, 6.07) is 0.288. The van der Waals surface area contributed by atoms with E-state index in [9.17, 15) is 30.0 Å². The highest BCUT2D eigenvalue weighted by Gasteiger charge is 2.47. The number of pyridine rings is 1. The first-order valence-corrected chi connectivity index (χ1v) is 11.6. The number of thiazole rings is 1. The van der Waals surface area contributed by atoms with Crippen LogP contribution in [0, 0.1) is 0 Å². The largest absolute Gasteiger partial charge is 0.476 e. The van der Waals surface area contributed by atoms with Crippen LogP contribution >= 0.6 is 34.7 Å². The molecule has 15 heteroatoms. The summed E-state index contributed by atoms with van der Waals surface area (Å²) in [4.78, 5) is 29.2. The molecule has 0 aromatic carbocycles. The molecule has 0 bridgehead atoms. The average molecular weight is 520 g/mol. The number of carboxylic acid groups (broad SMARTS) is 1. The normalized spacial score (nSPS) is 25.7. The Balaban J connectivity index is 1.94. The van der Waals surface area contributed by atoms with Gasteiger partial charge in [-0.2, -0.15) is 0 Å². The molecule has 3 unspecified atom stereocenters. The van der Waals surface area contributed by atoms with E-state index in [0.29, 0.717) is 5.69 Å². The SMILES string of the molecule is CNN(/C=C(\N)c1csc(=O)[nH]1)C1C(O)[C@@H](Sc2cc(Cl)cnc2C(=O)O)OC(CO)[C@@H]1O. The first-order valence-electron chi connectivity index (χ1n) is 9.45. The number of thioether (sulfide) groups is 1. The Morgan fingerprint density at radius 1 is 1.48 bits per heavy atom. The first kappa shape index (κ1) is 25.5. The molecule has 2 aromatic heterocycles. The minimum atomic E-state index is -1.40. The topological polar surface area (TPSA) is 194 Å². The number of hydrogen-bond donors (Lipinski definition) is 7. The van der Waals surface area contributed by atoms with E-state index >= 15 is 0 Å². The Morgan fingerprint density at radius 3 is 2.79 bits per heavy atom. The van der Waals surface area contributed by atoms with Crippen molar-refractivity contribution in [2.75, 3.05) is 13.7 Å². The van der Waals surface area contributed by atoms with Crippen molar-refractivity contribution in [3.8, 4) is 0 Å². The quantitative estimate of drug-likeness (QED) is 0.221. The summed E-state index contributed by atoms with van der Waals surface area (Å²) < 4.78 is 5.65. The number of carboxylic acids is 1. The van der Waals surface area contributed by atoms with Gasteiger partial charge in [0.25, 0.3) is 0 Å². The number of carbonyl (C=O) groups is 1. The Hall–Kier alpha value is -2.17. The predicted molar refractivity (Wildman–Crippen MR) is 122 cm³/mol. The zero-order valence-electron chi connectivity index (χ0n) is 17.1.